The van der Waals surface area contributed by atoms with Crippen LogP contribution in [-0.4, -0.2) is 32.4 Å². The Bertz CT molecular complexity index is 1660. The van der Waals surface area contributed by atoms with E-state index in [0.29, 0.717) is 47.0 Å². The fourth-order valence-corrected chi connectivity index (χ4v) is 5.69. The molecule has 1 aromatic heterocycles. The normalized spacial score (nSPS) is 16.5. The maximum atomic E-state index is 13.7. The first-order valence-electron chi connectivity index (χ1n) is 13.8. The number of aliphatic hydroxyl groups is 1. The summed E-state index contributed by atoms with van der Waals surface area (Å²) in [6.07, 6.45) is 0.906. The monoisotopic (exact) mass is 537 g/mol. The van der Waals surface area contributed by atoms with Gasteiger partial charge in [-0.1, -0.05) is 68.4 Å². The summed E-state index contributed by atoms with van der Waals surface area (Å²) < 4.78 is 13.7. The largest absolute Gasteiger partial charge is 0.378 e. The fourth-order valence-electron chi connectivity index (χ4n) is 5.69. The number of benzene rings is 3. The Kier molecular flexibility index (Phi) is 6.62. The van der Waals surface area contributed by atoms with E-state index in [9.17, 15) is 19.1 Å². The van der Waals surface area contributed by atoms with E-state index in [0.717, 1.165) is 18.5 Å². The van der Waals surface area contributed by atoms with Crippen molar-refractivity contribution in [2.24, 2.45) is 0 Å². The predicted octanol–water partition coefficient (Wildman–Crippen LogP) is 5.40. The smallest absolute Gasteiger partial charge is 0.256 e. The lowest BCUT2D eigenvalue weighted by Gasteiger charge is -2.30. The third kappa shape index (κ3) is 4.75. The number of rotatable bonds is 6. The maximum Gasteiger partial charge on any atom is 0.256 e. The Morgan fingerprint density at radius 3 is 2.42 bits per heavy atom. The van der Waals surface area contributed by atoms with Crippen LogP contribution >= 0.6 is 0 Å². The minimum atomic E-state index is -1.40. The van der Waals surface area contributed by atoms with Crippen LogP contribution in [0.15, 0.2) is 77.6 Å². The van der Waals surface area contributed by atoms with Crippen molar-refractivity contribution in [3.05, 3.63) is 123 Å². The van der Waals surface area contributed by atoms with Crippen LogP contribution in [0.5, 0.6) is 0 Å². The fraction of sp³-hybridized carbons (Fsp3) is 0.303. The highest BCUT2D eigenvalue weighted by atomic mass is 19.1. The maximum absolute atomic E-state index is 13.7. The Labute approximate surface area is 232 Å². The van der Waals surface area contributed by atoms with Gasteiger partial charge in [-0.2, -0.15) is 0 Å². The van der Waals surface area contributed by atoms with Crippen molar-refractivity contribution in [3.8, 4) is 11.1 Å². The van der Waals surface area contributed by atoms with E-state index < -0.39 is 12.0 Å². The molecule has 2 heterocycles. The number of carbonyl (C=O) groups is 1. The highest BCUT2D eigenvalue weighted by Gasteiger charge is 2.49. The van der Waals surface area contributed by atoms with Crippen LogP contribution < -0.4 is 5.56 Å². The summed E-state index contributed by atoms with van der Waals surface area (Å²) in [6, 6.07) is 21.6. The summed E-state index contributed by atoms with van der Waals surface area (Å²) in [5, 5.41) is 11.0. The van der Waals surface area contributed by atoms with E-state index in [1.165, 1.54) is 28.2 Å². The average Bonchev–Trinajstić information content (AvgIpc) is 3.79. The summed E-state index contributed by atoms with van der Waals surface area (Å²) in [4.78, 5) is 36.1. The van der Waals surface area contributed by atoms with Crippen molar-refractivity contribution < 1.29 is 14.3 Å². The Balaban J connectivity index is 1.22. The van der Waals surface area contributed by atoms with Gasteiger partial charge < -0.3 is 15.0 Å². The van der Waals surface area contributed by atoms with Crippen molar-refractivity contribution in [3.63, 3.8) is 0 Å². The number of fused-ring (bicyclic) bond motifs is 1. The minimum Gasteiger partial charge on any atom is -0.378 e. The molecule has 0 spiro atoms. The molecule has 2 N–H and O–H groups in total. The number of carbonyl (C=O) groups excluding carboxylic acids is 1. The number of aromatic nitrogens is 2. The Morgan fingerprint density at radius 1 is 1.00 bits per heavy atom. The van der Waals surface area contributed by atoms with Crippen LogP contribution in [0, 0.1) is 5.82 Å². The van der Waals surface area contributed by atoms with Crippen LogP contribution in [0.1, 0.15) is 72.5 Å². The molecule has 1 saturated carbocycles. The zero-order valence-electron chi connectivity index (χ0n) is 22.7. The molecule has 0 saturated heterocycles. The number of halogens is 1. The highest BCUT2D eigenvalue weighted by molar-refractivity contribution is 5.83. The number of hydrogen-bond acceptors (Lipinski definition) is 4. The van der Waals surface area contributed by atoms with Gasteiger partial charge in [-0.15, -0.1) is 0 Å². The van der Waals surface area contributed by atoms with E-state index in [1.807, 2.05) is 0 Å². The van der Waals surface area contributed by atoms with Crippen molar-refractivity contribution in [2.75, 3.05) is 6.54 Å². The van der Waals surface area contributed by atoms with Crippen molar-refractivity contribution in [1.82, 2.24) is 14.9 Å². The van der Waals surface area contributed by atoms with Crippen molar-refractivity contribution >= 4 is 5.91 Å². The number of hydrogen-bond donors (Lipinski definition) is 2. The summed E-state index contributed by atoms with van der Waals surface area (Å²) in [5.41, 5.74) is 4.91. The molecule has 7 heteroatoms. The second-order valence-electron chi connectivity index (χ2n) is 11.3. The second-order valence-corrected chi connectivity index (χ2v) is 11.3. The van der Waals surface area contributed by atoms with Crippen molar-refractivity contribution in [1.29, 1.82) is 0 Å². The molecule has 40 heavy (non-hydrogen) atoms. The SMILES string of the molecule is CC(C)c1cccc(C2(c3nc4c(c(=O)[nH]3)CN(C(=O)[C@H](O)c3cccc(-c5cccc(F)c5)c3)CC4)CC2)c1. The molecule has 0 unspecified atom stereocenters. The molecule has 1 aliphatic heterocycles. The topological polar surface area (TPSA) is 86.3 Å². The summed E-state index contributed by atoms with van der Waals surface area (Å²) in [6.45, 7) is 4.79. The summed E-state index contributed by atoms with van der Waals surface area (Å²) >= 11 is 0. The van der Waals surface area contributed by atoms with Gasteiger partial charge in [0, 0.05) is 13.0 Å². The lowest BCUT2D eigenvalue weighted by molar-refractivity contribution is -0.141. The lowest BCUT2D eigenvalue weighted by atomic mass is 9.90. The summed E-state index contributed by atoms with van der Waals surface area (Å²) in [5.74, 6) is 0.278. The molecule has 0 bridgehead atoms. The van der Waals surface area contributed by atoms with Gasteiger partial charge in [0.25, 0.3) is 11.5 Å². The van der Waals surface area contributed by atoms with Gasteiger partial charge >= 0.3 is 0 Å². The number of amides is 1. The molecular weight excluding hydrogens is 505 g/mol. The van der Waals surface area contributed by atoms with Crippen molar-refractivity contribution in [2.45, 2.75) is 57.1 Å². The molecule has 6 rings (SSSR count). The second kappa shape index (κ2) is 10.1. The van der Waals surface area contributed by atoms with Gasteiger partial charge in [-0.05, 0) is 64.8 Å². The number of H-pyrrole nitrogens is 1. The number of aromatic amines is 1. The highest BCUT2D eigenvalue weighted by Crippen LogP contribution is 2.52. The van der Waals surface area contributed by atoms with E-state index in [4.69, 9.17) is 4.98 Å². The molecular formula is C33H32FN3O3. The summed E-state index contributed by atoms with van der Waals surface area (Å²) in [7, 11) is 0. The Hall–Kier alpha value is -4.10. The molecule has 6 nitrogen and oxygen atoms in total. The predicted molar refractivity (Wildman–Crippen MR) is 151 cm³/mol. The van der Waals surface area contributed by atoms with E-state index >= 15 is 0 Å². The van der Waals surface area contributed by atoms with E-state index in [2.05, 4.69) is 43.1 Å². The molecule has 204 valence electrons. The average molecular weight is 538 g/mol. The third-order valence-electron chi connectivity index (χ3n) is 8.28. The zero-order valence-corrected chi connectivity index (χ0v) is 22.7. The molecule has 3 aromatic carbocycles. The van der Waals surface area contributed by atoms with Crippen LogP contribution in [0.4, 0.5) is 4.39 Å². The van der Waals surface area contributed by atoms with Crippen LogP contribution in [-0.2, 0) is 23.2 Å². The lowest BCUT2D eigenvalue weighted by Crippen LogP contribution is -2.42. The Morgan fingerprint density at radius 2 is 1.70 bits per heavy atom. The van der Waals surface area contributed by atoms with Gasteiger partial charge in [0.2, 0.25) is 0 Å². The molecule has 4 aromatic rings. The third-order valence-corrected chi connectivity index (χ3v) is 8.28. The van der Waals surface area contributed by atoms with Gasteiger partial charge in [0.15, 0.2) is 6.10 Å². The van der Waals surface area contributed by atoms with Crippen LogP contribution in [0.3, 0.4) is 0 Å². The molecule has 1 fully saturated rings. The minimum absolute atomic E-state index is 0.0905. The van der Waals surface area contributed by atoms with Gasteiger partial charge in [-0.25, -0.2) is 9.37 Å². The standard InChI is InChI=1S/C33H32FN3O3/c1-20(2)21-6-4-10-25(17-21)33(13-14-33)32-35-28-12-15-37(19-27(28)30(39)36-32)31(40)29(38)24-9-3-7-22(16-24)23-8-5-11-26(34)18-23/h3-11,16-18,20,29,38H,12-15,19H2,1-2H3,(H,35,36,39)/t29-/m1/s1. The molecule has 2 aliphatic rings. The number of nitrogens with one attached hydrogen (secondary N) is 1. The first kappa shape index (κ1) is 26.1. The van der Waals surface area contributed by atoms with Crippen LogP contribution in [0.2, 0.25) is 0 Å². The first-order valence-corrected chi connectivity index (χ1v) is 13.8. The van der Waals surface area contributed by atoms with Gasteiger partial charge in [-0.3, -0.25) is 9.59 Å². The first-order chi connectivity index (χ1) is 19.2. The van der Waals surface area contributed by atoms with Gasteiger partial charge in [0.1, 0.15) is 11.6 Å². The number of aliphatic hydroxyl groups excluding tert-OH is 1. The quantitative estimate of drug-likeness (QED) is 0.345. The number of nitrogens with zero attached hydrogens (tertiary/aromatic N) is 2. The molecule has 1 atom stereocenters. The zero-order chi connectivity index (χ0) is 28.0. The van der Waals surface area contributed by atoms with Gasteiger partial charge in [0.05, 0.1) is 23.2 Å². The molecule has 1 aliphatic carbocycles. The van der Waals surface area contributed by atoms with Crippen LogP contribution in [0.25, 0.3) is 11.1 Å². The molecule has 1 amide bonds. The van der Waals surface area contributed by atoms with E-state index in [1.54, 1.807) is 36.4 Å². The van der Waals surface area contributed by atoms with E-state index in [-0.39, 0.29) is 23.3 Å². The molecule has 0 radical (unpaired) electrons.